The molecule has 1 N–H and O–H groups in total. The van der Waals surface area contributed by atoms with E-state index in [0.717, 1.165) is 13.0 Å². The number of nitrogens with one attached hydrogen (secondary N) is 1. The summed E-state index contributed by atoms with van der Waals surface area (Å²) < 4.78 is 13.5. The fourth-order valence-corrected chi connectivity index (χ4v) is 1.77. The highest BCUT2D eigenvalue weighted by Crippen LogP contribution is 2.13. The number of amides is 1. The molecule has 19 heavy (non-hydrogen) atoms. The van der Waals surface area contributed by atoms with Crippen LogP contribution in [0.25, 0.3) is 0 Å². The smallest absolute Gasteiger partial charge is 0.254 e. The van der Waals surface area contributed by atoms with Gasteiger partial charge < -0.3 is 10.2 Å². The zero-order chi connectivity index (χ0) is 14.4. The SMILES string of the molecule is CC(C)N(C)CCCNC(=O)c1cc(S)ccc1F. The Hall–Kier alpha value is -1.07. The molecule has 0 aliphatic heterocycles. The molecule has 1 aromatic carbocycles. The number of benzene rings is 1. The summed E-state index contributed by atoms with van der Waals surface area (Å²) in [7, 11) is 2.04. The van der Waals surface area contributed by atoms with Gasteiger partial charge in [0, 0.05) is 17.5 Å². The molecule has 0 radical (unpaired) electrons. The maximum absolute atomic E-state index is 13.5. The largest absolute Gasteiger partial charge is 0.352 e. The third-order valence-corrected chi connectivity index (χ3v) is 3.33. The molecule has 0 heterocycles. The molecular formula is C14H21FN2OS. The zero-order valence-corrected chi connectivity index (χ0v) is 12.5. The van der Waals surface area contributed by atoms with E-state index in [4.69, 9.17) is 0 Å². The number of carbonyl (C=O) groups is 1. The van der Waals surface area contributed by atoms with Crippen LogP contribution in [0.3, 0.4) is 0 Å². The second kappa shape index (κ2) is 7.50. The summed E-state index contributed by atoms with van der Waals surface area (Å²) in [6.07, 6.45) is 0.836. The zero-order valence-electron chi connectivity index (χ0n) is 11.6. The Morgan fingerprint density at radius 2 is 2.16 bits per heavy atom. The molecule has 0 saturated carbocycles. The van der Waals surface area contributed by atoms with E-state index in [0.29, 0.717) is 17.5 Å². The Morgan fingerprint density at radius 1 is 1.47 bits per heavy atom. The van der Waals surface area contributed by atoms with Gasteiger partial charge in [-0.15, -0.1) is 12.6 Å². The quantitative estimate of drug-likeness (QED) is 0.621. The molecule has 0 aliphatic rings. The van der Waals surface area contributed by atoms with E-state index in [1.54, 1.807) is 0 Å². The highest BCUT2D eigenvalue weighted by Gasteiger charge is 2.11. The first-order valence-electron chi connectivity index (χ1n) is 6.38. The maximum atomic E-state index is 13.5. The Morgan fingerprint density at radius 3 is 2.79 bits per heavy atom. The van der Waals surface area contributed by atoms with Gasteiger partial charge in [0.05, 0.1) is 5.56 Å². The van der Waals surface area contributed by atoms with E-state index in [-0.39, 0.29) is 11.5 Å². The molecule has 0 aromatic heterocycles. The topological polar surface area (TPSA) is 32.3 Å². The summed E-state index contributed by atoms with van der Waals surface area (Å²) >= 11 is 4.10. The molecule has 1 amide bonds. The first-order valence-corrected chi connectivity index (χ1v) is 6.83. The van der Waals surface area contributed by atoms with Crippen molar-refractivity contribution in [2.24, 2.45) is 0 Å². The van der Waals surface area contributed by atoms with Crippen molar-refractivity contribution in [1.29, 1.82) is 0 Å². The monoisotopic (exact) mass is 284 g/mol. The Labute approximate surface area is 119 Å². The van der Waals surface area contributed by atoms with Crippen molar-refractivity contribution >= 4 is 18.5 Å². The molecule has 0 bridgehead atoms. The van der Waals surface area contributed by atoms with Gasteiger partial charge >= 0.3 is 0 Å². The molecule has 106 valence electrons. The number of nitrogens with zero attached hydrogens (tertiary/aromatic N) is 1. The van der Waals surface area contributed by atoms with Crippen molar-refractivity contribution in [3.63, 3.8) is 0 Å². The van der Waals surface area contributed by atoms with E-state index < -0.39 is 5.82 Å². The lowest BCUT2D eigenvalue weighted by atomic mass is 10.2. The highest BCUT2D eigenvalue weighted by atomic mass is 32.1. The van der Waals surface area contributed by atoms with E-state index in [9.17, 15) is 9.18 Å². The fraction of sp³-hybridized carbons (Fsp3) is 0.500. The average molecular weight is 284 g/mol. The minimum atomic E-state index is -0.519. The molecule has 0 spiro atoms. The fourth-order valence-electron chi connectivity index (χ4n) is 1.57. The number of halogens is 1. The summed E-state index contributed by atoms with van der Waals surface area (Å²) in [4.78, 5) is 14.6. The Kier molecular flexibility index (Phi) is 6.31. The molecule has 0 atom stereocenters. The van der Waals surface area contributed by atoms with E-state index in [1.807, 2.05) is 7.05 Å². The van der Waals surface area contributed by atoms with Crippen LogP contribution in [0.4, 0.5) is 4.39 Å². The van der Waals surface area contributed by atoms with Gasteiger partial charge in [-0.1, -0.05) is 0 Å². The van der Waals surface area contributed by atoms with E-state index in [2.05, 4.69) is 36.7 Å². The third-order valence-electron chi connectivity index (χ3n) is 3.05. The molecule has 1 aromatic rings. The number of hydrogen-bond acceptors (Lipinski definition) is 3. The van der Waals surface area contributed by atoms with E-state index >= 15 is 0 Å². The van der Waals surface area contributed by atoms with Crippen molar-refractivity contribution in [1.82, 2.24) is 10.2 Å². The van der Waals surface area contributed by atoms with Gasteiger partial charge in [-0.25, -0.2) is 4.39 Å². The third kappa shape index (κ3) is 5.20. The maximum Gasteiger partial charge on any atom is 0.254 e. The lowest BCUT2D eigenvalue weighted by Crippen LogP contribution is -2.31. The average Bonchev–Trinajstić information content (AvgIpc) is 2.36. The van der Waals surface area contributed by atoms with Gasteiger partial charge in [-0.3, -0.25) is 4.79 Å². The molecule has 0 aliphatic carbocycles. The van der Waals surface area contributed by atoms with Crippen molar-refractivity contribution in [2.45, 2.75) is 31.2 Å². The van der Waals surface area contributed by atoms with Gasteiger partial charge in [0.1, 0.15) is 5.82 Å². The normalized spacial score (nSPS) is 11.1. The Bertz CT molecular complexity index is 437. The van der Waals surface area contributed by atoms with Gasteiger partial charge in [-0.05, 0) is 52.1 Å². The van der Waals surface area contributed by atoms with Crippen LogP contribution < -0.4 is 5.32 Å². The van der Waals surface area contributed by atoms with E-state index in [1.165, 1.54) is 18.2 Å². The van der Waals surface area contributed by atoms with Gasteiger partial charge in [-0.2, -0.15) is 0 Å². The van der Waals surface area contributed by atoms with Crippen molar-refractivity contribution in [2.75, 3.05) is 20.1 Å². The summed E-state index contributed by atoms with van der Waals surface area (Å²) in [5.74, 6) is -0.907. The van der Waals surface area contributed by atoms with Gasteiger partial charge in [0.25, 0.3) is 5.91 Å². The molecular weight excluding hydrogens is 263 g/mol. The lowest BCUT2D eigenvalue weighted by Gasteiger charge is -2.20. The van der Waals surface area contributed by atoms with Crippen molar-refractivity contribution in [3.8, 4) is 0 Å². The summed E-state index contributed by atoms with van der Waals surface area (Å²) in [6, 6.07) is 4.69. The molecule has 5 heteroatoms. The minimum absolute atomic E-state index is 0.0460. The lowest BCUT2D eigenvalue weighted by molar-refractivity contribution is 0.0947. The predicted octanol–water partition coefficient (Wildman–Crippen LogP) is 2.57. The summed E-state index contributed by atoms with van der Waals surface area (Å²) in [5.41, 5.74) is 0.0460. The van der Waals surface area contributed by atoms with Crippen molar-refractivity contribution < 1.29 is 9.18 Å². The molecule has 0 unspecified atom stereocenters. The van der Waals surface area contributed by atoms with Gasteiger partial charge in [0.15, 0.2) is 0 Å². The van der Waals surface area contributed by atoms with Crippen molar-refractivity contribution in [3.05, 3.63) is 29.6 Å². The first kappa shape index (κ1) is 16.0. The minimum Gasteiger partial charge on any atom is -0.352 e. The van der Waals surface area contributed by atoms with Crippen LogP contribution in [0, 0.1) is 5.82 Å². The van der Waals surface area contributed by atoms with Crippen LogP contribution in [-0.2, 0) is 0 Å². The summed E-state index contributed by atoms with van der Waals surface area (Å²) in [5, 5.41) is 2.72. The number of carbonyl (C=O) groups excluding carboxylic acids is 1. The molecule has 3 nitrogen and oxygen atoms in total. The predicted molar refractivity (Wildman–Crippen MR) is 78.4 cm³/mol. The molecule has 0 fully saturated rings. The second-order valence-electron chi connectivity index (χ2n) is 4.85. The molecule has 0 saturated heterocycles. The standard InChI is InChI=1S/C14H21FN2OS/c1-10(2)17(3)8-4-7-16-14(18)12-9-11(19)5-6-13(12)15/h5-6,9-10,19H,4,7-8H2,1-3H3,(H,16,18). The summed E-state index contributed by atoms with van der Waals surface area (Å²) in [6.45, 7) is 5.66. The van der Waals surface area contributed by atoms with Crippen LogP contribution in [-0.4, -0.2) is 37.0 Å². The number of rotatable bonds is 6. The van der Waals surface area contributed by atoms with Crippen LogP contribution in [0.15, 0.2) is 23.1 Å². The molecule has 1 rings (SSSR count). The number of hydrogen-bond donors (Lipinski definition) is 2. The Balaban J connectivity index is 2.41. The van der Waals surface area contributed by atoms with Crippen LogP contribution >= 0.6 is 12.6 Å². The van der Waals surface area contributed by atoms with Crippen LogP contribution in [0.2, 0.25) is 0 Å². The first-order chi connectivity index (χ1) is 8.91. The van der Waals surface area contributed by atoms with Crippen LogP contribution in [0.1, 0.15) is 30.6 Å². The highest BCUT2D eigenvalue weighted by molar-refractivity contribution is 7.80. The van der Waals surface area contributed by atoms with Crippen LogP contribution in [0.5, 0.6) is 0 Å². The second-order valence-corrected chi connectivity index (χ2v) is 5.36. The number of thiol groups is 1. The van der Waals surface area contributed by atoms with Gasteiger partial charge in [0.2, 0.25) is 0 Å².